The maximum absolute atomic E-state index is 12.5. The lowest BCUT2D eigenvalue weighted by atomic mass is 9.99. The van der Waals surface area contributed by atoms with E-state index in [1.54, 1.807) is 23.0 Å². The molecule has 3 rings (SSSR count). The van der Waals surface area contributed by atoms with E-state index in [0.29, 0.717) is 10.9 Å². The lowest BCUT2D eigenvalue weighted by molar-refractivity contribution is -0.131. The summed E-state index contributed by atoms with van der Waals surface area (Å²) >= 11 is 1.40. The second kappa shape index (κ2) is 6.01. The number of nitrogens with zero attached hydrogens (tertiary/aromatic N) is 5. The highest BCUT2D eigenvalue weighted by Gasteiger charge is 2.26. The lowest BCUT2D eigenvalue weighted by Gasteiger charge is -2.31. The average molecular weight is 305 g/mol. The molecule has 2 aromatic rings. The second-order valence-electron chi connectivity index (χ2n) is 5.53. The summed E-state index contributed by atoms with van der Waals surface area (Å²) in [5, 5.41) is 4.75. The van der Waals surface area contributed by atoms with Crippen molar-refractivity contribution >= 4 is 23.4 Å². The molecule has 0 N–H and O–H groups in total. The average Bonchev–Trinajstić information content (AvgIpc) is 2.89. The number of hydrogen-bond acceptors (Lipinski definition) is 5. The van der Waals surface area contributed by atoms with Crippen molar-refractivity contribution < 1.29 is 4.79 Å². The Kier molecular flexibility index (Phi) is 4.10. The van der Waals surface area contributed by atoms with E-state index in [4.69, 9.17) is 0 Å². The molecule has 112 valence electrons. The number of hydrogen-bond donors (Lipinski definition) is 0. The Morgan fingerprint density at radius 2 is 2.19 bits per heavy atom. The van der Waals surface area contributed by atoms with E-state index in [0.717, 1.165) is 31.8 Å². The molecule has 1 aliphatic rings. The van der Waals surface area contributed by atoms with Crippen molar-refractivity contribution in [2.45, 2.75) is 37.1 Å². The standard InChI is InChI=1S/C14H19N5OS/c1-10-4-8-18(9-5-10)12(20)11(2)21-14-16-13-15-6-3-7-19(13)17-14/h3,6-7,10-11H,4-5,8-9H2,1-2H3/t11-/m1/s1. The van der Waals surface area contributed by atoms with Crippen LogP contribution in [0.3, 0.4) is 0 Å². The van der Waals surface area contributed by atoms with Gasteiger partial charge < -0.3 is 4.90 Å². The highest BCUT2D eigenvalue weighted by molar-refractivity contribution is 8.00. The summed E-state index contributed by atoms with van der Waals surface area (Å²) in [6, 6.07) is 1.81. The number of amides is 1. The summed E-state index contributed by atoms with van der Waals surface area (Å²) in [5.74, 6) is 1.47. The third-order valence-corrected chi connectivity index (χ3v) is 4.76. The summed E-state index contributed by atoms with van der Waals surface area (Å²) in [5.41, 5.74) is 0. The van der Waals surface area contributed by atoms with Crippen molar-refractivity contribution in [3.8, 4) is 0 Å². The molecule has 1 fully saturated rings. The zero-order valence-electron chi connectivity index (χ0n) is 12.3. The van der Waals surface area contributed by atoms with Gasteiger partial charge >= 0.3 is 0 Å². The van der Waals surface area contributed by atoms with Gasteiger partial charge in [0.1, 0.15) is 0 Å². The molecule has 0 aliphatic carbocycles. The van der Waals surface area contributed by atoms with E-state index in [1.807, 2.05) is 11.8 Å². The van der Waals surface area contributed by atoms with Gasteiger partial charge in [-0.25, -0.2) is 9.50 Å². The van der Waals surface area contributed by atoms with Crippen molar-refractivity contribution in [3.05, 3.63) is 18.5 Å². The maximum Gasteiger partial charge on any atom is 0.253 e. The zero-order chi connectivity index (χ0) is 14.8. The molecule has 0 spiro atoms. The summed E-state index contributed by atoms with van der Waals surface area (Å²) in [6.45, 7) is 5.90. The maximum atomic E-state index is 12.5. The predicted molar refractivity (Wildman–Crippen MR) is 81.1 cm³/mol. The van der Waals surface area contributed by atoms with Gasteiger partial charge in [-0.2, -0.15) is 4.98 Å². The number of fused-ring (bicyclic) bond motifs is 1. The quantitative estimate of drug-likeness (QED) is 0.810. The van der Waals surface area contributed by atoms with Crippen LogP contribution in [-0.4, -0.2) is 48.7 Å². The van der Waals surface area contributed by atoms with E-state index >= 15 is 0 Å². The zero-order valence-corrected chi connectivity index (χ0v) is 13.1. The van der Waals surface area contributed by atoms with Crippen LogP contribution in [0.1, 0.15) is 26.7 Å². The van der Waals surface area contributed by atoms with E-state index in [1.165, 1.54) is 11.8 Å². The molecular formula is C14H19N5OS. The number of rotatable bonds is 3. The SMILES string of the molecule is CC1CCN(C(=O)[C@@H](C)Sc2nc3ncccn3n2)CC1. The largest absolute Gasteiger partial charge is 0.342 e. The molecule has 0 saturated carbocycles. The molecular weight excluding hydrogens is 286 g/mol. The molecule has 0 radical (unpaired) electrons. The number of piperidine rings is 1. The summed E-state index contributed by atoms with van der Waals surface area (Å²) in [4.78, 5) is 22.9. The Morgan fingerprint density at radius 3 is 2.90 bits per heavy atom. The minimum absolute atomic E-state index is 0.171. The van der Waals surface area contributed by atoms with Gasteiger partial charge in [-0.3, -0.25) is 4.79 Å². The molecule has 1 amide bonds. The van der Waals surface area contributed by atoms with Crippen LogP contribution < -0.4 is 0 Å². The highest BCUT2D eigenvalue weighted by Crippen LogP contribution is 2.24. The van der Waals surface area contributed by atoms with Gasteiger partial charge in [0.05, 0.1) is 5.25 Å². The van der Waals surface area contributed by atoms with Gasteiger partial charge in [-0.1, -0.05) is 18.7 Å². The van der Waals surface area contributed by atoms with Crippen molar-refractivity contribution in [1.82, 2.24) is 24.5 Å². The van der Waals surface area contributed by atoms with Gasteiger partial charge in [-0.05, 0) is 31.7 Å². The molecule has 1 atom stereocenters. The van der Waals surface area contributed by atoms with Crippen LogP contribution >= 0.6 is 11.8 Å². The van der Waals surface area contributed by atoms with Gasteiger partial charge in [0.2, 0.25) is 11.1 Å². The molecule has 1 saturated heterocycles. The number of likely N-dealkylation sites (tertiary alicyclic amines) is 1. The Bertz CT molecular complexity index is 602. The van der Waals surface area contributed by atoms with Gasteiger partial charge in [-0.15, -0.1) is 5.10 Å². The first-order valence-corrected chi connectivity index (χ1v) is 8.14. The van der Waals surface area contributed by atoms with E-state index in [9.17, 15) is 4.79 Å². The fraction of sp³-hybridized carbons (Fsp3) is 0.571. The lowest BCUT2D eigenvalue weighted by Crippen LogP contribution is -2.41. The molecule has 21 heavy (non-hydrogen) atoms. The summed E-state index contributed by atoms with van der Waals surface area (Å²) in [6.07, 6.45) is 5.68. The summed E-state index contributed by atoms with van der Waals surface area (Å²) in [7, 11) is 0. The fourth-order valence-electron chi connectivity index (χ4n) is 2.46. The van der Waals surface area contributed by atoms with Crippen molar-refractivity contribution in [2.24, 2.45) is 5.92 Å². The first kappa shape index (κ1) is 14.3. The normalized spacial score (nSPS) is 18.1. The monoisotopic (exact) mass is 305 g/mol. The number of carbonyl (C=O) groups is 1. The van der Waals surface area contributed by atoms with Crippen molar-refractivity contribution in [2.75, 3.05) is 13.1 Å². The van der Waals surface area contributed by atoms with Crippen LogP contribution in [0.25, 0.3) is 5.78 Å². The van der Waals surface area contributed by atoms with Crippen LogP contribution in [0.2, 0.25) is 0 Å². The number of aromatic nitrogens is 4. The first-order chi connectivity index (χ1) is 10.1. The van der Waals surface area contributed by atoms with Crippen LogP contribution in [-0.2, 0) is 4.79 Å². The smallest absolute Gasteiger partial charge is 0.253 e. The molecule has 1 aliphatic heterocycles. The molecule has 6 nitrogen and oxygen atoms in total. The third-order valence-electron chi connectivity index (χ3n) is 3.82. The topological polar surface area (TPSA) is 63.4 Å². The van der Waals surface area contributed by atoms with Gasteiger partial charge in [0, 0.05) is 25.5 Å². The Labute approximate surface area is 128 Å². The minimum atomic E-state index is -0.171. The highest BCUT2D eigenvalue weighted by atomic mass is 32.2. The molecule has 2 aromatic heterocycles. The van der Waals surface area contributed by atoms with Crippen molar-refractivity contribution in [3.63, 3.8) is 0 Å². The molecule has 0 unspecified atom stereocenters. The Morgan fingerprint density at radius 1 is 1.43 bits per heavy atom. The van der Waals surface area contributed by atoms with Crippen molar-refractivity contribution in [1.29, 1.82) is 0 Å². The van der Waals surface area contributed by atoms with Crippen LogP contribution in [0.15, 0.2) is 23.6 Å². The fourth-order valence-corrected chi connectivity index (χ4v) is 3.29. The molecule has 3 heterocycles. The second-order valence-corrected chi connectivity index (χ2v) is 6.83. The molecule has 7 heteroatoms. The minimum Gasteiger partial charge on any atom is -0.342 e. The van der Waals surface area contributed by atoms with Gasteiger partial charge in [0.25, 0.3) is 5.78 Å². The van der Waals surface area contributed by atoms with Crippen LogP contribution in [0.4, 0.5) is 0 Å². The van der Waals surface area contributed by atoms with E-state index in [-0.39, 0.29) is 11.2 Å². The third kappa shape index (κ3) is 3.18. The van der Waals surface area contributed by atoms with E-state index in [2.05, 4.69) is 22.0 Å². The number of thioether (sulfide) groups is 1. The van der Waals surface area contributed by atoms with Gasteiger partial charge in [0.15, 0.2) is 0 Å². The predicted octanol–water partition coefficient (Wildman–Crippen LogP) is 1.86. The van der Waals surface area contributed by atoms with E-state index < -0.39 is 0 Å². The Balaban J connectivity index is 1.65. The first-order valence-electron chi connectivity index (χ1n) is 7.26. The Hall–Kier alpha value is -1.63. The number of carbonyl (C=O) groups excluding carboxylic acids is 1. The van der Waals surface area contributed by atoms with Crippen LogP contribution in [0.5, 0.6) is 0 Å². The van der Waals surface area contributed by atoms with Crippen LogP contribution in [0, 0.1) is 5.92 Å². The summed E-state index contributed by atoms with van der Waals surface area (Å²) < 4.78 is 1.63. The molecule has 0 bridgehead atoms. The molecule has 0 aromatic carbocycles.